The van der Waals surface area contributed by atoms with Gasteiger partial charge < -0.3 is 25.0 Å². The van der Waals surface area contributed by atoms with Crippen molar-refractivity contribution in [1.29, 1.82) is 0 Å². The summed E-state index contributed by atoms with van der Waals surface area (Å²) >= 11 is 0. The molecule has 3 aromatic rings. The number of halogens is 3. The number of benzene rings is 2. The van der Waals surface area contributed by atoms with Crippen LogP contribution in [-0.2, 0) is 17.3 Å². The number of hydrogen-bond donors (Lipinski definition) is 3. The smallest absolute Gasteiger partial charge is 0.406 e. The van der Waals surface area contributed by atoms with Crippen LogP contribution in [0.5, 0.6) is 5.75 Å². The van der Waals surface area contributed by atoms with Crippen LogP contribution in [0.15, 0.2) is 42.5 Å². The maximum Gasteiger partial charge on any atom is 0.406 e. The van der Waals surface area contributed by atoms with Crippen LogP contribution >= 0.6 is 0 Å². The van der Waals surface area contributed by atoms with Crippen molar-refractivity contribution in [3.05, 3.63) is 53.7 Å². The Morgan fingerprint density at radius 2 is 1.95 bits per heavy atom. The molecule has 0 radical (unpaired) electrons. The molecule has 1 aliphatic rings. The highest BCUT2D eigenvalue weighted by molar-refractivity contribution is 7.85. The average molecular weight is 534 g/mol. The lowest BCUT2D eigenvalue weighted by molar-refractivity contribution is -0.140. The maximum atomic E-state index is 13.4. The fraction of sp³-hybridized carbons (Fsp3) is 0.346. The second kappa shape index (κ2) is 11.2. The van der Waals surface area contributed by atoms with E-state index >= 15 is 0 Å². The van der Waals surface area contributed by atoms with Crippen molar-refractivity contribution in [2.75, 3.05) is 35.8 Å². The molecule has 37 heavy (non-hydrogen) atoms. The van der Waals surface area contributed by atoms with Crippen LogP contribution in [0.25, 0.3) is 10.9 Å². The summed E-state index contributed by atoms with van der Waals surface area (Å²) in [7, 11) is 0.600. The third-order valence-electron chi connectivity index (χ3n) is 6.06. The number of nitrogens with one attached hydrogen (secondary N) is 2. The predicted molar refractivity (Wildman–Crippen MR) is 138 cm³/mol. The first-order valence-corrected chi connectivity index (χ1v) is 13.1. The second-order valence-corrected chi connectivity index (χ2v) is 10.3. The Kier molecular flexibility index (Phi) is 7.97. The SMILES string of the molecule is COc1cc(C(=O)O)ccc1NCC#Cc1cc2c(NC3CCS(=O)CC3)cccc2n1CC(F)(F)F. The van der Waals surface area contributed by atoms with Crippen LogP contribution in [0.1, 0.15) is 28.9 Å². The third-order valence-corrected chi connectivity index (χ3v) is 7.45. The van der Waals surface area contributed by atoms with E-state index in [9.17, 15) is 22.2 Å². The molecule has 0 aliphatic carbocycles. The molecule has 0 bridgehead atoms. The van der Waals surface area contributed by atoms with Gasteiger partial charge in [0.2, 0.25) is 0 Å². The van der Waals surface area contributed by atoms with Crippen molar-refractivity contribution in [2.45, 2.75) is 31.6 Å². The van der Waals surface area contributed by atoms with E-state index < -0.39 is 29.5 Å². The highest BCUT2D eigenvalue weighted by Gasteiger charge is 2.30. The van der Waals surface area contributed by atoms with E-state index in [0.29, 0.717) is 33.8 Å². The summed E-state index contributed by atoms with van der Waals surface area (Å²) in [5, 5.41) is 16.2. The summed E-state index contributed by atoms with van der Waals surface area (Å²) < 4.78 is 58.4. The molecule has 0 atom stereocenters. The van der Waals surface area contributed by atoms with Crippen molar-refractivity contribution in [1.82, 2.24) is 4.57 Å². The lowest BCUT2D eigenvalue weighted by Crippen LogP contribution is -2.29. The van der Waals surface area contributed by atoms with Crippen molar-refractivity contribution in [3.63, 3.8) is 0 Å². The number of anilines is 2. The van der Waals surface area contributed by atoms with E-state index in [1.54, 1.807) is 24.3 Å². The number of carboxylic acids is 1. The molecule has 1 aromatic heterocycles. The Balaban J connectivity index is 1.59. The van der Waals surface area contributed by atoms with Gasteiger partial charge in [-0.3, -0.25) is 4.21 Å². The monoisotopic (exact) mass is 533 g/mol. The average Bonchev–Trinajstić information content (AvgIpc) is 3.19. The zero-order valence-electron chi connectivity index (χ0n) is 20.0. The molecule has 0 unspecified atom stereocenters. The number of methoxy groups -OCH3 is 1. The second-order valence-electron chi connectivity index (χ2n) is 8.61. The first-order valence-electron chi connectivity index (χ1n) is 11.6. The third kappa shape index (κ3) is 6.57. The van der Waals surface area contributed by atoms with E-state index in [2.05, 4.69) is 22.5 Å². The molecule has 2 heterocycles. The Morgan fingerprint density at radius 3 is 2.62 bits per heavy atom. The number of carboxylic acid groups (broad SMARTS) is 1. The minimum Gasteiger partial charge on any atom is -0.495 e. The zero-order chi connectivity index (χ0) is 26.6. The molecule has 3 N–H and O–H groups in total. The van der Waals surface area contributed by atoms with E-state index in [0.717, 1.165) is 23.1 Å². The van der Waals surface area contributed by atoms with Gasteiger partial charge in [0.25, 0.3) is 0 Å². The molecule has 1 aliphatic heterocycles. The highest BCUT2D eigenvalue weighted by atomic mass is 32.2. The lowest BCUT2D eigenvalue weighted by atomic mass is 10.1. The largest absolute Gasteiger partial charge is 0.495 e. The molecule has 7 nitrogen and oxygen atoms in total. The van der Waals surface area contributed by atoms with Gasteiger partial charge in [0.05, 0.1) is 36.1 Å². The lowest BCUT2D eigenvalue weighted by Gasteiger charge is -2.24. The fourth-order valence-electron chi connectivity index (χ4n) is 4.27. The first-order chi connectivity index (χ1) is 17.6. The predicted octanol–water partition coefficient (Wildman–Crippen LogP) is 4.70. The molecular weight excluding hydrogens is 507 g/mol. The molecule has 0 spiro atoms. The minimum absolute atomic E-state index is 0.0658. The van der Waals surface area contributed by atoms with Crippen LogP contribution < -0.4 is 15.4 Å². The summed E-state index contributed by atoms with van der Waals surface area (Å²) in [5.74, 6) is 6.14. The van der Waals surface area contributed by atoms with Gasteiger partial charge in [0.15, 0.2) is 0 Å². The molecular formula is C26H26F3N3O4S. The Bertz CT molecular complexity index is 1380. The zero-order valence-corrected chi connectivity index (χ0v) is 20.8. The van der Waals surface area contributed by atoms with Crippen LogP contribution in [0.4, 0.5) is 24.5 Å². The van der Waals surface area contributed by atoms with Crippen molar-refractivity contribution < 1.29 is 32.0 Å². The Labute approximate surface area is 214 Å². The van der Waals surface area contributed by atoms with E-state index in [1.807, 2.05) is 6.07 Å². The number of nitrogens with zero attached hydrogens (tertiary/aromatic N) is 1. The van der Waals surface area contributed by atoms with Gasteiger partial charge in [-0.15, -0.1) is 0 Å². The standard InChI is InChI=1S/C26H26F3N3O4S/c1-36-24-14-17(25(33)34)7-8-22(24)30-11-3-4-19-15-20-21(31-18-9-12-37(35)13-10-18)5-2-6-23(20)32(19)16-26(27,28)29/h2,5-8,14-15,18,30-31H,9-13,16H2,1H3,(H,33,34). The molecule has 0 saturated carbocycles. The summed E-state index contributed by atoms with van der Waals surface area (Å²) in [4.78, 5) is 11.2. The minimum atomic E-state index is -4.43. The van der Waals surface area contributed by atoms with Crippen molar-refractivity contribution in [2.24, 2.45) is 0 Å². The number of fused-ring (bicyclic) bond motifs is 1. The number of aromatic carboxylic acids is 1. The normalized spacial score (nSPS) is 17.6. The van der Waals surface area contributed by atoms with E-state index in [1.165, 1.54) is 19.2 Å². The highest BCUT2D eigenvalue weighted by Crippen LogP contribution is 2.31. The van der Waals surface area contributed by atoms with Gasteiger partial charge >= 0.3 is 12.1 Å². The van der Waals surface area contributed by atoms with Crippen LogP contribution in [0.3, 0.4) is 0 Å². The van der Waals surface area contributed by atoms with Crippen molar-refractivity contribution >= 4 is 39.0 Å². The summed E-state index contributed by atoms with van der Waals surface area (Å²) in [6.45, 7) is -1.08. The van der Waals surface area contributed by atoms with Gasteiger partial charge in [-0.05, 0) is 55.2 Å². The molecule has 2 aromatic carbocycles. The van der Waals surface area contributed by atoms with Crippen molar-refractivity contribution in [3.8, 4) is 17.6 Å². The van der Waals surface area contributed by atoms with E-state index in [4.69, 9.17) is 9.84 Å². The topological polar surface area (TPSA) is 92.6 Å². The number of hydrogen-bond acceptors (Lipinski definition) is 5. The molecule has 0 amide bonds. The molecule has 4 rings (SSSR count). The maximum absolute atomic E-state index is 13.4. The number of ether oxygens (including phenoxy) is 1. The van der Waals surface area contributed by atoms with Gasteiger partial charge in [0, 0.05) is 39.4 Å². The van der Waals surface area contributed by atoms with Gasteiger partial charge in [0.1, 0.15) is 12.3 Å². The Hall–Kier alpha value is -3.65. The number of alkyl halides is 3. The quantitative estimate of drug-likeness (QED) is 0.382. The Morgan fingerprint density at radius 1 is 1.19 bits per heavy atom. The van der Waals surface area contributed by atoms with Gasteiger partial charge in [-0.1, -0.05) is 12.0 Å². The number of aromatic nitrogens is 1. The summed E-state index contributed by atoms with van der Waals surface area (Å²) in [6, 6.07) is 11.3. The number of rotatable bonds is 7. The van der Waals surface area contributed by atoms with Gasteiger partial charge in [-0.2, -0.15) is 13.2 Å². The van der Waals surface area contributed by atoms with Crippen LogP contribution in [0.2, 0.25) is 0 Å². The number of carbonyl (C=O) groups is 1. The van der Waals surface area contributed by atoms with Gasteiger partial charge in [-0.25, -0.2) is 4.79 Å². The molecule has 1 saturated heterocycles. The molecule has 11 heteroatoms. The van der Waals surface area contributed by atoms with Crippen LogP contribution in [0, 0.1) is 11.8 Å². The van der Waals surface area contributed by atoms with E-state index in [-0.39, 0.29) is 23.8 Å². The summed E-state index contributed by atoms with van der Waals surface area (Å²) in [5.41, 5.74) is 1.94. The fourth-order valence-corrected chi connectivity index (χ4v) is 5.57. The summed E-state index contributed by atoms with van der Waals surface area (Å²) in [6.07, 6.45) is -2.96. The first kappa shape index (κ1) is 26.4. The molecule has 1 fully saturated rings. The van der Waals surface area contributed by atoms with Crippen LogP contribution in [-0.4, -0.2) is 57.2 Å². The molecule has 196 valence electrons.